The van der Waals surface area contributed by atoms with Gasteiger partial charge in [-0.15, -0.1) is 11.3 Å². The molecule has 1 aliphatic carbocycles. The van der Waals surface area contributed by atoms with Gasteiger partial charge in [0.05, 0.1) is 9.78 Å². The van der Waals surface area contributed by atoms with Gasteiger partial charge in [0, 0.05) is 18.0 Å². The molecule has 6 nitrogen and oxygen atoms in total. The lowest BCUT2D eigenvalue weighted by Crippen LogP contribution is -2.37. The molecule has 1 aromatic heterocycles. The molecule has 0 spiro atoms. The Bertz CT molecular complexity index is 1060. The molecule has 2 aliphatic rings. The number of halogens is 2. The minimum Gasteiger partial charge on any atom is -0.435 e. The number of rotatable bonds is 7. The van der Waals surface area contributed by atoms with E-state index in [2.05, 4.69) is 10.1 Å². The van der Waals surface area contributed by atoms with Crippen LogP contribution < -0.4 is 10.1 Å². The predicted octanol–water partition coefficient (Wildman–Crippen LogP) is 5.08. The van der Waals surface area contributed by atoms with E-state index in [0.717, 1.165) is 42.3 Å². The average Bonchev–Trinajstić information content (AvgIpc) is 3.21. The summed E-state index contributed by atoms with van der Waals surface area (Å²) in [6, 6.07) is 7.73. The van der Waals surface area contributed by atoms with Gasteiger partial charge in [0.15, 0.2) is 0 Å². The van der Waals surface area contributed by atoms with E-state index in [1.807, 2.05) is 6.07 Å². The maximum atomic E-state index is 12.6. The van der Waals surface area contributed by atoms with Crippen molar-refractivity contribution in [2.24, 2.45) is 0 Å². The Kier molecular flexibility index (Phi) is 7.44. The van der Waals surface area contributed by atoms with Crippen molar-refractivity contribution in [3.8, 4) is 5.75 Å². The van der Waals surface area contributed by atoms with Crippen molar-refractivity contribution >= 4 is 46.2 Å². The van der Waals surface area contributed by atoms with E-state index in [1.165, 1.54) is 58.5 Å². The second kappa shape index (κ2) is 10.5. The summed E-state index contributed by atoms with van der Waals surface area (Å²) in [6.07, 6.45) is 7.05. The normalized spacial score (nSPS) is 17.4. The second-order valence-corrected chi connectivity index (χ2v) is 9.79. The van der Waals surface area contributed by atoms with E-state index < -0.39 is 17.8 Å². The molecule has 1 fully saturated rings. The minimum atomic E-state index is -2.91. The number of aryl methyl sites for hydroxylation is 2. The highest BCUT2D eigenvalue weighted by Crippen LogP contribution is 2.32. The standard InChI is InChI=1S/C23H22F2N2O4S2/c24-22(25)31-16-8-6-14(7-9-16)12-19-21(29)27(23(30)33-19)11-10-26-20(28)18-13-15-4-2-1-3-5-17(15)32-18/h6-9,12-13,22H,1-5,10-11H2,(H,26,28). The molecule has 3 amide bonds. The van der Waals surface area contributed by atoms with E-state index in [9.17, 15) is 23.2 Å². The summed E-state index contributed by atoms with van der Waals surface area (Å²) < 4.78 is 28.8. The highest BCUT2D eigenvalue weighted by atomic mass is 32.2. The molecular weight excluding hydrogens is 470 g/mol. The highest BCUT2D eigenvalue weighted by Gasteiger charge is 2.34. The van der Waals surface area contributed by atoms with Gasteiger partial charge in [-0.25, -0.2) is 0 Å². The number of thiophene rings is 1. The third kappa shape index (κ3) is 5.80. The smallest absolute Gasteiger partial charge is 0.387 e. The SMILES string of the molecule is O=C(NCCN1C(=O)SC(=Cc2ccc(OC(F)F)cc2)C1=O)c1cc2c(s1)CCCCC2. The summed E-state index contributed by atoms with van der Waals surface area (Å²) in [5.41, 5.74) is 1.83. The number of amides is 3. The van der Waals surface area contributed by atoms with Crippen LogP contribution in [0.15, 0.2) is 35.2 Å². The van der Waals surface area contributed by atoms with Crippen LogP contribution in [0.1, 0.15) is 44.9 Å². The first kappa shape index (κ1) is 23.4. The number of hydrogen-bond donors (Lipinski definition) is 1. The summed E-state index contributed by atoms with van der Waals surface area (Å²) in [6.45, 7) is -2.69. The van der Waals surface area contributed by atoms with Gasteiger partial charge in [0.25, 0.3) is 17.1 Å². The van der Waals surface area contributed by atoms with Crippen LogP contribution in [-0.2, 0) is 17.6 Å². The van der Waals surface area contributed by atoms with Crippen LogP contribution in [0.2, 0.25) is 0 Å². The van der Waals surface area contributed by atoms with Crippen molar-refractivity contribution in [2.75, 3.05) is 13.1 Å². The molecule has 0 saturated carbocycles. The number of carbonyl (C=O) groups excluding carboxylic acids is 3. The fourth-order valence-corrected chi connectivity index (χ4v) is 5.77. The van der Waals surface area contributed by atoms with E-state index in [1.54, 1.807) is 0 Å². The number of carbonyl (C=O) groups is 3. The third-order valence-corrected chi connectivity index (χ3v) is 7.51. The Balaban J connectivity index is 1.32. The molecule has 10 heteroatoms. The number of alkyl halides is 2. The van der Waals surface area contributed by atoms with Gasteiger partial charge >= 0.3 is 6.61 Å². The van der Waals surface area contributed by atoms with Gasteiger partial charge in [-0.3, -0.25) is 19.3 Å². The number of benzene rings is 1. The molecule has 174 valence electrons. The van der Waals surface area contributed by atoms with Gasteiger partial charge in [0.1, 0.15) is 5.75 Å². The maximum absolute atomic E-state index is 12.6. The Morgan fingerprint density at radius 1 is 1.15 bits per heavy atom. The van der Waals surface area contributed by atoms with Crippen LogP contribution in [0.4, 0.5) is 13.6 Å². The van der Waals surface area contributed by atoms with Gasteiger partial charge in [-0.1, -0.05) is 18.6 Å². The molecule has 33 heavy (non-hydrogen) atoms. The van der Waals surface area contributed by atoms with Crippen LogP contribution in [0.3, 0.4) is 0 Å². The topological polar surface area (TPSA) is 75.7 Å². The first-order chi connectivity index (χ1) is 15.9. The predicted molar refractivity (Wildman–Crippen MR) is 124 cm³/mol. The van der Waals surface area contributed by atoms with Crippen LogP contribution in [0.25, 0.3) is 6.08 Å². The van der Waals surface area contributed by atoms with Crippen molar-refractivity contribution < 1.29 is 27.9 Å². The van der Waals surface area contributed by atoms with Crippen LogP contribution in [0, 0.1) is 0 Å². The fourth-order valence-electron chi connectivity index (χ4n) is 3.74. The third-order valence-electron chi connectivity index (χ3n) is 5.37. The second-order valence-electron chi connectivity index (χ2n) is 7.66. The molecule has 1 aromatic carbocycles. The first-order valence-corrected chi connectivity index (χ1v) is 12.2. The number of hydrogen-bond acceptors (Lipinski definition) is 6. The van der Waals surface area contributed by atoms with Gasteiger partial charge in [-0.05, 0) is 72.8 Å². The van der Waals surface area contributed by atoms with E-state index in [-0.39, 0.29) is 29.7 Å². The fraction of sp³-hybridized carbons (Fsp3) is 0.348. The van der Waals surface area contributed by atoms with Crippen molar-refractivity contribution in [1.82, 2.24) is 10.2 Å². The maximum Gasteiger partial charge on any atom is 0.387 e. The van der Waals surface area contributed by atoms with Gasteiger partial charge < -0.3 is 10.1 Å². The Hall–Kier alpha value is -2.72. The summed E-state index contributed by atoms with van der Waals surface area (Å²) in [4.78, 5) is 40.7. The van der Waals surface area contributed by atoms with Gasteiger partial charge in [-0.2, -0.15) is 8.78 Å². The average molecular weight is 493 g/mol. The largest absolute Gasteiger partial charge is 0.435 e. The number of nitrogens with one attached hydrogen (secondary N) is 1. The molecular formula is C23H22F2N2O4S2. The number of fused-ring (bicyclic) bond motifs is 1. The first-order valence-electron chi connectivity index (χ1n) is 10.6. The molecule has 2 heterocycles. The monoisotopic (exact) mass is 492 g/mol. The molecule has 1 N–H and O–H groups in total. The zero-order chi connectivity index (χ0) is 23.4. The molecule has 2 aromatic rings. The Morgan fingerprint density at radius 2 is 1.91 bits per heavy atom. The molecule has 0 atom stereocenters. The Labute approximate surface area is 198 Å². The number of ether oxygens (including phenoxy) is 1. The molecule has 0 radical (unpaired) electrons. The highest BCUT2D eigenvalue weighted by molar-refractivity contribution is 8.18. The lowest BCUT2D eigenvalue weighted by molar-refractivity contribution is -0.122. The number of nitrogens with zero attached hydrogens (tertiary/aromatic N) is 1. The van der Waals surface area contributed by atoms with E-state index in [0.29, 0.717) is 10.4 Å². The van der Waals surface area contributed by atoms with Crippen LogP contribution >= 0.6 is 23.1 Å². The van der Waals surface area contributed by atoms with Crippen molar-refractivity contribution in [3.05, 3.63) is 56.1 Å². The molecule has 4 rings (SSSR count). The molecule has 1 saturated heterocycles. The lowest BCUT2D eigenvalue weighted by Gasteiger charge is -2.12. The van der Waals surface area contributed by atoms with Crippen molar-refractivity contribution in [3.63, 3.8) is 0 Å². The zero-order valence-corrected chi connectivity index (χ0v) is 19.3. The van der Waals surface area contributed by atoms with Crippen molar-refractivity contribution in [1.29, 1.82) is 0 Å². The number of imide groups is 1. The zero-order valence-electron chi connectivity index (χ0n) is 17.6. The lowest BCUT2D eigenvalue weighted by atomic mass is 10.1. The summed E-state index contributed by atoms with van der Waals surface area (Å²) >= 11 is 2.33. The van der Waals surface area contributed by atoms with E-state index >= 15 is 0 Å². The molecule has 0 bridgehead atoms. The minimum absolute atomic E-state index is 0.00754. The number of thioether (sulfide) groups is 1. The summed E-state index contributed by atoms with van der Waals surface area (Å²) in [5.74, 6) is -0.634. The van der Waals surface area contributed by atoms with Crippen LogP contribution in [0.5, 0.6) is 5.75 Å². The summed E-state index contributed by atoms with van der Waals surface area (Å²) in [5, 5.41) is 2.38. The summed E-state index contributed by atoms with van der Waals surface area (Å²) in [7, 11) is 0. The van der Waals surface area contributed by atoms with E-state index in [4.69, 9.17) is 0 Å². The van der Waals surface area contributed by atoms with Gasteiger partial charge in [0.2, 0.25) is 0 Å². The van der Waals surface area contributed by atoms with Crippen LogP contribution in [-0.4, -0.2) is 41.7 Å². The van der Waals surface area contributed by atoms with Crippen molar-refractivity contribution in [2.45, 2.75) is 38.7 Å². The molecule has 0 unspecified atom stereocenters. The quantitative estimate of drug-likeness (QED) is 0.431. The molecule has 1 aliphatic heterocycles. The Morgan fingerprint density at radius 3 is 2.67 bits per heavy atom.